The third-order valence-corrected chi connectivity index (χ3v) is 2.08. The number of hydrazine groups is 2. The van der Waals surface area contributed by atoms with E-state index in [1.807, 2.05) is 31.3 Å². The van der Waals surface area contributed by atoms with E-state index in [1.54, 1.807) is 5.12 Å². The Morgan fingerprint density at radius 3 is 2.86 bits per heavy atom. The van der Waals surface area contributed by atoms with E-state index in [2.05, 4.69) is 16.1 Å². The molecule has 0 radical (unpaired) electrons. The maximum absolute atomic E-state index is 5.64. The van der Waals surface area contributed by atoms with Crippen LogP contribution in [0.3, 0.4) is 0 Å². The van der Waals surface area contributed by atoms with Crippen molar-refractivity contribution in [3.05, 3.63) is 35.4 Å². The van der Waals surface area contributed by atoms with Gasteiger partial charge in [0.25, 0.3) is 0 Å². The molecule has 0 unspecified atom stereocenters. The van der Waals surface area contributed by atoms with E-state index in [0.29, 0.717) is 6.54 Å². The van der Waals surface area contributed by atoms with Gasteiger partial charge in [-0.25, -0.2) is 5.53 Å². The Morgan fingerprint density at radius 1 is 1.43 bits per heavy atom. The lowest BCUT2D eigenvalue weighted by molar-refractivity contribution is 0.231. The first-order chi connectivity index (χ1) is 6.81. The summed E-state index contributed by atoms with van der Waals surface area (Å²) in [6.45, 7) is 0.514. The van der Waals surface area contributed by atoms with Crippen molar-refractivity contribution in [3.63, 3.8) is 0 Å². The van der Waals surface area contributed by atoms with E-state index in [-0.39, 0.29) is 0 Å². The molecule has 1 aromatic carbocycles. The molecule has 1 heterocycles. The van der Waals surface area contributed by atoms with Crippen LogP contribution in [0.1, 0.15) is 11.1 Å². The van der Waals surface area contributed by atoms with Gasteiger partial charge >= 0.3 is 0 Å². The molecule has 0 aliphatic carbocycles. The molecule has 1 aliphatic rings. The number of nitrogens with zero attached hydrogens (tertiary/aromatic N) is 2. The smallest absolute Gasteiger partial charge is 0.170 e. The van der Waals surface area contributed by atoms with Crippen LogP contribution in [0.25, 0.3) is 0 Å². The molecule has 4 N–H and O–H groups in total. The van der Waals surface area contributed by atoms with Crippen molar-refractivity contribution in [2.75, 3.05) is 7.05 Å². The van der Waals surface area contributed by atoms with Gasteiger partial charge in [0.05, 0.1) is 0 Å². The molecule has 0 atom stereocenters. The fourth-order valence-corrected chi connectivity index (χ4v) is 1.38. The van der Waals surface area contributed by atoms with Crippen LogP contribution in [0.4, 0.5) is 0 Å². The number of hydrazone groups is 1. The van der Waals surface area contributed by atoms with Gasteiger partial charge in [0, 0.05) is 19.2 Å². The largest absolute Gasteiger partial charge is 0.326 e. The number of rotatable bonds is 2. The minimum Gasteiger partial charge on any atom is -0.326 e. The zero-order valence-corrected chi connectivity index (χ0v) is 7.99. The summed E-state index contributed by atoms with van der Waals surface area (Å²) in [6.07, 6.45) is 0. The van der Waals surface area contributed by atoms with Gasteiger partial charge in [-0.1, -0.05) is 24.3 Å². The second kappa shape index (κ2) is 3.65. The summed E-state index contributed by atoms with van der Waals surface area (Å²) >= 11 is 0. The fourth-order valence-electron chi connectivity index (χ4n) is 1.38. The number of nitrogens with two attached hydrogens (primary N) is 1. The van der Waals surface area contributed by atoms with Gasteiger partial charge in [0.15, 0.2) is 5.84 Å². The number of amidine groups is 1. The average Bonchev–Trinajstić information content (AvgIpc) is 2.65. The van der Waals surface area contributed by atoms with Crippen molar-refractivity contribution in [2.45, 2.75) is 6.54 Å². The van der Waals surface area contributed by atoms with E-state index < -0.39 is 0 Å². The second-order valence-corrected chi connectivity index (χ2v) is 3.09. The minimum absolute atomic E-state index is 0.514. The monoisotopic (exact) mass is 191 g/mol. The van der Waals surface area contributed by atoms with Crippen molar-refractivity contribution in [2.24, 2.45) is 10.8 Å². The van der Waals surface area contributed by atoms with Gasteiger partial charge in [-0.05, 0) is 5.56 Å². The molecule has 1 aliphatic heterocycles. The molecule has 5 nitrogen and oxygen atoms in total. The van der Waals surface area contributed by atoms with Crippen molar-refractivity contribution < 1.29 is 0 Å². The van der Waals surface area contributed by atoms with Crippen molar-refractivity contribution in [1.29, 1.82) is 0 Å². The summed E-state index contributed by atoms with van der Waals surface area (Å²) in [5, 5.41) is 5.80. The average molecular weight is 191 g/mol. The topological polar surface area (TPSA) is 65.7 Å². The Kier molecular flexibility index (Phi) is 2.34. The molecule has 5 heteroatoms. The number of hydrogen-bond acceptors (Lipinski definition) is 5. The van der Waals surface area contributed by atoms with Crippen LogP contribution in [-0.2, 0) is 6.54 Å². The quantitative estimate of drug-likeness (QED) is 0.603. The van der Waals surface area contributed by atoms with Crippen molar-refractivity contribution in [1.82, 2.24) is 16.1 Å². The highest BCUT2D eigenvalue weighted by atomic mass is 15.9. The Bertz CT molecular complexity index is 360. The highest BCUT2D eigenvalue weighted by Crippen LogP contribution is 2.09. The molecule has 74 valence electrons. The maximum Gasteiger partial charge on any atom is 0.170 e. The summed E-state index contributed by atoms with van der Waals surface area (Å²) in [7, 11) is 1.85. The Balaban J connectivity index is 2.32. The zero-order valence-electron chi connectivity index (χ0n) is 7.99. The van der Waals surface area contributed by atoms with Crippen molar-refractivity contribution in [3.8, 4) is 0 Å². The Morgan fingerprint density at radius 2 is 2.21 bits per heavy atom. The van der Waals surface area contributed by atoms with Crippen LogP contribution in [0.2, 0.25) is 0 Å². The van der Waals surface area contributed by atoms with Crippen LogP contribution >= 0.6 is 0 Å². The summed E-state index contributed by atoms with van der Waals surface area (Å²) < 4.78 is 0. The summed E-state index contributed by atoms with van der Waals surface area (Å²) in [6, 6.07) is 7.93. The van der Waals surface area contributed by atoms with Crippen LogP contribution in [-0.4, -0.2) is 18.0 Å². The SMILES string of the molecule is CN1NN=C(c2ccccc2CN)N1. The maximum atomic E-state index is 5.64. The van der Waals surface area contributed by atoms with E-state index in [1.165, 1.54) is 0 Å². The van der Waals surface area contributed by atoms with Crippen LogP contribution in [0.15, 0.2) is 29.4 Å². The lowest BCUT2D eigenvalue weighted by atomic mass is 10.1. The van der Waals surface area contributed by atoms with Crippen LogP contribution in [0, 0.1) is 0 Å². The molecule has 1 aromatic rings. The molecule has 14 heavy (non-hydrogen) atoms. The third kappa shape index (κ3) is 1.55. The normalized spacial score (nSPS) is 16.0. The predicted molar refractivity (Wildman–Crippen MR) is 54.9 cm³/mol. The van der Waals surface area contributed by atoms with Crippen LogP contribution in [0.5, 0.6) is 0 Å². The summed E-state index contributed by atoms with van der Waals surface area (Å²) in [5.74, 6) is 0.800. The molecule has 0 saturated carbocycles. The van der Waals surface area contributed by atoms with E-state index in [9.17, 15) is 0 Å². The molecule has 0 bridgehead atoms. The van der Waals surface area contributed by atoms with E-state index in [0.717, 1.165) is 17.0 Å². The number of benzene rings is 1. The molecule has 2 rings (SSSR count). The van der Waals surface area contributed by atoms with Gasteiger partial charge in [-0.15, -0.1) is 10.2 Å². The van der Waals surface area contributed by atoms with E-state index >= 15 is 0 Å². The first-order valence-corrected chi connectivity index (χ1v) is 4.43. The minimum atomic E-state index is 0.514. The molecular weight excluding hydrogens is 178 g/mol. The molecule has 0 fully saturated rings. The molecule has 0 aromatic heterocycles. The second-order valence-electron chi connectivity index (χ2n) is 3.09. The van der Waals surface area contributed by atoms with Gasteiger partial charge in [-0.3, -0.25) is 5.43 Å². The van der Waals surface area contributed by atoms with Gasteiger partial charge in [0.1, 0.15) is 0 Å². The highest BCUT2D eigenvalue weighted by Gasteiger charge is 2.14. The predicted octanol–water partition coefficient (Wildman–Crippen LogP) is -0.239. The summed E-state index contributed by atoms with van der Waals surface area (Å²) in [4.78, 5) is 0. The Hall–Kier alpha value is -1.59. The van der Waals surface area contributed by atoms with Crippen molar-refractivity contribution >= 4 is 5.84 Å². The standard InChI is InChI=1S/C9H13N5/c1-14-12-9(11-13-14)8-5-3-2-4-7(8)6-10/h2-5,13H,6,10H2,1H3,(H,11,12). The first-order valence-electron chi connectivity index (χ1n) is 4.43. The molecule has 0 saturated heterocycles. The molecule has 0 amide bonds. The zero-order chi connectivity index (χ0) is 9.97. The third-order valence-electron chi connectivity index (χ3n) is 2.08. The first kappa shape index (κ1) is 8.98. The summed E-state index contributed by atoms with van der Waals surface area (Å²) in [5.41, 5.74) is 13.6. The highest BCUT2D eigenvalue weighted by molar-refractivity contribution is 6.00. The molecule has 0 spiro atoms. The lowest BCUT2D eigenvalue weighted by Crippen LogP contribution is -2.38. The van der Waals surface area contributed by atoms with Crippen LogP contribution < -0.4 is 16.7 Å². The number of nitrogens with one attached hydrogen (secondary N) is 2. The number of hydrogen-bond donors (Lipinski definition) is 3. The van der Waals surface area contributed by atoms with Gasteiger partial charge < -0.3 is 5.73 Å². The van der Waals surface area contributed by atoms with Gasteiger partial charge in [-0.2, -0.15) is 0 Å². The van der Waals surface area contributed by atoms with Gasteiger partial charge in [0.2, 0.25) is 0 Å². The van der Waals surface area contributed by atoms with E-state index in [4.69, 9.17) is 5.73 Å². The fraction of sp³-hybridized carbons (Fsp3) is 0.222. The Labute approximate surface area is 82.5 Å². The lowest BCUT2D eigenvalue weighted by Gasteiger charge is -2.10. The molecular formula is C9H13N5.